The van der Waals surface area contributed by atoms with Crippen molar-refractivity contribution in [1.82, 2.24) is 4.98 Å². The van der Waals surface area contributed by atoms with Gasteiger partial charge in [-0.15, -0.1) is 11.3 Å². The number of hydrazone groups is 1. The topological polar surface area (TPSA) is 86.0 Å². The third-order valence-electron chi connectivity index (χ3n) is 5.17. The highest BCUT2D eigenvalue weighted by molar-refractivity contribution is 7.14. The third kappa shape index (κ3) is 3.65. The summed E-state index contributed by atoms with van der Waals surface area (Å²) in [7, 11) is 0. The molecule has 2 aliphatic heterocycles. The molecule has 2 aromatic carbocycles. The van der Waals surface area contributed by atoms with Gasteiger partial charge in [-0.25, -0.2) is 9.99 Å². The number of fused-ring (bicyclic) bond motifs is 1. The van der Waals surface area contributed by atoms with Crippen molar-refractivity contribution in [3.8, 4) is 11.3 Å². The quantitative estimate of drug-likeness (QED) is 0.480. The number of epoxide rings is 1. The van der Waals surface area contributed by atoms with Crippen LogP contribution >= 0.6 is 11.3 Å². The predicted octanol–water partition coefficient (Wildman–Crippen LogP) is 4.68. The lowest BCUT2D eigenvalue weighted by molar-refractivity contribution is 0.282. The van der Waals surface area contributed by atoms with Crippen LogP contribution in [0.2, 0.25) is 0 Å². The molecule has 1 N–H and O–H groups in total. The zero-order valence-electron chi connectivity index (χ0n) is 16.6. The Morgan fingerprint density at radius 1 is 1.17 bits per heavy atom. The van der Waals surface area contributed by atoms with Crippen LogP contribution in [0.4, 0.5) is 10.8 Å². The number of nitrogens with zero attached hydrogens (tertiary/aromatic N) is 5. The van der Waals surface area contributed by atoms with Crippen molar-refractivity contribution in [2.24, 2.45) is 15.3 Å². The summed E-state index contributed by atoms with van der Waals surface area (Å²) in [6, 6.07) is 15.5. The fraction of sp³-hybridized carbons (Fsp3) is 0.273. The van der Waals surface area contributed by atoms with Gasteiger partial charge < -0.3 is 9.84 Å². The number of anilines is 1. The van der Waals surface area contributed by atoms with Gasteiger partial charge in [-0.3, -0.25) is 0 Å². The second-order valence-electron chi connectivity index (χ2n) is 7.45. The average molecular weight is 420 g/mol. The zero-order valence-corrected chi connectivity index (χ0v) is 17.5. The van der Waals surface area contributed by atoms with Crippen molar-refractivity contribution in [3.63, 3.8) is 0 Å². The van der Waals surface area contributed by atoms with E-state index in [4.69, 9.17) is 14.8 Å². The van der Waals surface area contributed by atoms with Gasteiger partial charge in [-0.1, -0.05) is 42.0 Å². The van der Waals surface area contributed by atoms with Crippen molar-refractivity contribution in [1.29, 1.82) is 0 Å². The van der Waals surface area contributed by atoms with E-state index in [0.717, 1.165) is 27.7 Å². The SMILES string of the molecule is CC1=NN(c2nc(-c3ccc(C)cc3)cs2)C2OC2C1/N=N/c1cccc(CO)c1. The molecule has 1 aromatic heterocycles. The summed E-state index contributed by atoms with van der Waals surface area (Å²) in [4.78, 5) is 4.76. The van der Waals surface area contributed by atoms with E-state index >= 15 is 0 Å². The second kappa shape index (κ2) is 7.71. The number of hydrogen-bond acceptors (Lipinski definition) is 8. The highest BCUT2D eigenvalue weighted by Crippen LogP contribution is 2.40. The maximum absolute atomic E-state index is 9.27. The van der Waals surface area contributed by atoms with E-state index < -0.39 is 0 Å². The van der Waals surface area contributed by atoms with Gasteiger partial charge in [0.15, 0.2) is 6.23 Å². The Morgan fingerprint density at radius 2 is 2.00 bits per heavy atom. The number of hydrogen-bond donors (Lipinski definition) is 1. The molecule has 3 unspecified atom stereocenters. The van der Waals surface area contributed by atoms with E-state index in [2.05, 4.69) is 41.4 Å². The highest BCUT2D eigenvalue weighted by Gasteiger charge is 2.54. The molecular weight excluding hydrogens is 398 g/mol. The lowest BCUT2D eigenvalue weighted by Gasteiger charge is -2.21. The Kier molecular flexibility index (Phi) is 4.90. The molecular formula is C22H21N5O2S. The lowest BCUT2D eigenvalue weighted by atomic mass is 10.1. The fourth-order valence-corrected chi connectivity index (χ4v) is 4.25. The van der Waals surface area contributed by atoms with E-state index in [1.165, 1.54) is 5.56 Å². The van der Waals surface area contributed by atoms with Gasteiger partial charge >= 0.3 is 0 Å². The van der Waals surface area contributed by atoms with Gasteiger partial charge in [0.2, 0.25) is 5.13 Å². The van der Waals surface area contributed by atoms with Crippen molar-refractivity contribution in [3.05, 3.63) is 65.0 Å². The minimum atomic E-state index is -0.222. The smallest absolute Gasteiger partial charge is 0.209 e. The molecule has 0 amide bonds. The van der Waals surface area contributed by atoms with E-state index in [1.54, 1.807) is 11.3 Å². The first-order valence-electron chi connectivity index (χ1n) is 9.75. The molecule has 0 aliphatic carbocycles. The van der Waals surface area contributed by atoms with Gasteiger partial charge in [0.25, 0.3) is 0 Å². The molecule has 3 aromatic rings. The van der Waals surface area contributed by atoms with E-state index in [9.17, 15) is 5.11 Å². The van der Waals surface area contributed by atoms with Crippen molar-refractivity contribution in [2.75, 3.05) is 5.01 Å². The number of ether oxygens (including phenoxy) is 1. The minimum Gasteiger partial charge on any atom is -0.392 e. The van der Waals surface area contributed by atoms with Gasteiger partial charge in [-0.2, -0.15) is 15.3 Å². The standard InChI is InChI=1S/C22H21N5O2S/c1-13-6-8-16(9-7-13)18-12-30-22(23-18)27-21-20(29-21)19(14(2)26-27)25-24-17-5-3-4-15(10-17)11-28/h3-10,12,19-21,28H,11H2,1-2H3/b25-24+. The van der Waals surface area contributed by atoms with Crippen LogP contribution in [-0.4, -0.2) is 34.2 Å². The largest absolute Gasteiger partial charge is 0.392 e. The normalized spacial score (nSPS) is 22.8. The summed E-state index contributed by atoms with van der Waals surface area (Å²) in [5.41, 5.74) is 5.60. The molecule has 0 spiro atoms. The third-order valence-corrected chi connectivity index (χ3v) is 6.00. The number of thiazole rings is 1. The average Bonchev–Trinajstić information content (AvgIpc) is 3.40. The molecule has 3 heterocycles. The molecule has 1 saturated heterocycles. The maximum Gasteiger partial charge on any atom is 0.209 e. The molecule has 152 valence electrons. The molecule has 5 rings (SSSR count). The van der Waals surface area contributed by atoms with Crippen LogP contribution in [0.3, 0.4) is 0 Å². The molecule has 1 fully saturated rings. The van der Waals surface area contributed by atoms with Crippen LogP contribution in [0, 0.1) is 6.92 Å². The van der Waals surface area contributed by atoms with E-state index in [-0.39, 0.29) is 25.0 Å². The van der Waals surface area contributed by atoms with Crippen LogP contribution in [0.25, 0.3) is 11.3 Å². The monoisotopic (exact) mass is 419 g/mol. The Bertz CT molecular complexity index is 1120. The molecule has 3 atom stereocenters. The molecule has 0 bridgehead atoms. The summed E-state index contributed by atoms with van der Waals surface area (Å²) >= 11 is 1.55. The molecule has 0 saturated carbocycles. The van der Waals surface area contributed by atoms with Crippen LogP contribution in [0.1, 0.15) is 18.1 Å². The minimum absolute atomic E-state index is 0.0194. The number of azo groups is 1. The van der Waals surface area contributed by atoms with Gasteiger partial charge in [0, 0.05) is 10.9 Å². The summed E-state index contributed by atoms with van der Waals surface area (Å²) in [5, 5.41) is 27.5. The summed E-state index contributed by atoms with van der Waals surface area (Å²) in [6.07, 6.45) is -0.252. The predicted molar refractivity (Wildman–Crippen MR) is 117 cm³/mol. The first-order chi connectivity index (χ1) is 14.6. The molecule has 7 nitrogen and oxygen atoms in total. The number of aromatic nitrogens is 1. The number of benzene rings is 2. The van der Waals surface area contributed by atoms with Crippen molar-refractivity contribution >= 4 is 27.9 Å². The fourth-order valence-electron chi connectivity index (χ4n) is 3.44. The Labute approximate surface area is 178 Å². The Hall–Kier alpha value is -2.94. The highest BCUT2D eigenvalue weighted by atomic mass is 32.1. The first-order valence-corrected chi connectivity index (χ1v) is 10.6. The van der Waals surface area contributed by atoms with Gasteiger partial charge in [0.1, 0.15) is 12.1 Å². The van der Waals surface area contributed by atoms with E-state index in [1.807, 2.05) is 41.6 Å². The lowest BCUT2D eigenvalue weighted by Crippen LogP contribution is -2.37. The second-order valence-corrected chi connectivity index (χ2v) is 8.28. The van der Waals surface area contributed by atoms with E-state index in [0.29, 0.717) is 5.69 Å². The maximum atomic E-state index is 9.27. The summed E-state index contributed by atoms with van der Waals surface area (Å²) in [6.45, 7) is 3.99. The van der Waals surface area contributed by atoms with Crippen molar-refractivity contribution in [2.45, 2.75) is 38.8 Å². The van der Waals surface area contributed by atoms with Crippen LogP contribution in [0.15, 0.2) is 69.2 Å². The van der Waals surface area contributed by atoms with Crippen LogP contribution in [-0.2, 0) is 11.3 Å². The number of rotatable bonds is 5. The zero-order chi connectivity index (χ0) is 20.7. The van der Waals surface area contributed by atoms with Crippen molar-refractivity contribution < 1.29 is 9.84 Å². The van der Waals surface area contributed by atoms with Crippen LogP contribution < -0.4 is 5.01 Å². The first kappa shape index (κ1) is 19.0. The molecule has 8 heteroatoms. The molecule has 30 heavy (non-hydrogen) atoms. The summed E-state index contributed by atoms with van der Waals surface area (Å²) in [5.74, 6) is 0. The molecule has 2 aliphatic rings. The number of aliphatic hydroxyl groups excluding tert-OH is 1. The Morgan fingerprint density at radius 3 is 2.80 bits per heavy atom. The van der Waals surface area contributed by atoms with Gasteiger partial charge in [0.05, 0.1) is 23.7 Å². The number of aryl methyl sites for hydroxylation is 1. The number of aliphatic hydroxyl groups is 1. The van der Waals surface area contributed by atoms with Crippen LogP contribution in [0.5, 0.6) is 0 Å². The van der Waals surface area contributed by atoms with Gasteiger partial charge in [-0.05, 0) is 31.5 Å². The molecule has 0 radical (unpaired) electrons. The summed E-state index contributed by atoms with van der Waals surface area (Å²) < 4.78 is 5.88. The Balaban J connectivity index is 1.35.